The molecule has 5 nitrogen and oxygen atoms in total. The van der Waals surface area contributed by atoms with E-state index in [0.29, 0.717) is 17.2 Å². The maximum Gasteiger partial charge on any atom is 0.259 e. The lowest BCUT2D eigenvalue weighted by molar-refractivity contribution is -0.124. The molecule has 23 heavy (non-hydrogen) atoms. The maximum absolute atomic E-state index is 12.6. The minimum Gasteiger partial charge on any atom is -0.497 e. The summed E-state index contributed by atoms with van der Waals surface area (Å²) in [6.45, 7) is 0. The van der Waals surface area contributed by atoms with Crippen molar-refractivity contribution in [1.29, 1.82) is 0 Å². The standard InChI is InChI=1S/C17H16ClN3O2/c1-23-14-8-4-12(5-9-14)17(15(22)20-16(19)21-17)10-11-2-6-13(18)7-3-11/h2-9H,10H2,1H3,(H3,19,20,21,22)/t17-/m1/s1. The molecule has 0 spiro atoms. The van der Waals surface area contributed by atoms with Gasteiger partial charge in [-0.3, -0.25) is 10.1 Å². The van der Waals surface area contributed by atoms with Crippen molar-refractivity contribution in [2.24, 2.45) is 10.7 Å². The van der Waals surface area contributed by atoms with Gasteiger partial charge in [-0.2, -0.15) is 0 Å². The fourth-order valence-electron chi connectivity index (χ4n) is 2.69. The largest absolute Gasteiger partial charge is 0.497 e. The molecule has 0 aliphatic carbocycles. The maximum atomic E-state index is 12.6. The lowest BCUT2D eigenvalue weighted by atomic mass is 9.84. The topological polar surface area (TPSA) is 76.7 Å². The summed E-state index contributed by atoms with van der Waals surface area (Å²) in [7, 11) is 1.59. The van der Waals surface area contributed by atoms with Crippen LogP contribution in [0.1, 0.15) is 11.1 Å². The van der Waals surface area contributed by atoms with Crippen molar-refractivity contribution in [2.45, 2.75) is 12.0 Å². The first-order chi connectivity index (χ1) is 11.0. The number of aliphatic imine (C=N–C) groups is 1. The molecule has 2 aromatic carbocycles. The summed E-state index contributed by atoms with van der Waals surface area (Å²) in [5, 5.41) is 3.24. The van der Waals surface area contributed by atoms with Crippen LogP contribution in [0, 0.1) is 0 Å². The van der Waals surface area contributed by atoms with Gasteiger partial charge < -0.3 is 10.5 Å². The highest BCUT2D eigenvalue weighted by Crippen LogP contribution is 2.34. The van der Waals surface area contributed by atoms with Crippen LogP contribution in [0.5, 0.6) is 5.75 Å². The van der Waals surface area contributed by atoms with Crippen LogP contribution in [0.2, 0.25) is 5.02 Å². The van der Waals surface area contributed by atoms with Crippen LogP contribution >= 0.6 is 11.6 Å². The molecule has 0 unspecified atom stereocenters. The van der Waals surface area contributed by atoms with Crippen LogP contribution in [0.4, 0.5) is 0 Å². The molecule has 0 saturated heterocycles. The second-order valence-electron chi connectivity index (χ2n) is 5.34. The van der Waals surface area contributed by atoms with Crippen LogP contribution in [0.25, 0.3) is 0 Å². The Morgan fingerprint density at radius 3 is 2.35 bits per heavy atom. The minimum atomic E-state index is -1.08. The summed E-state index contributed by atoms with van der Waals surface area (Å²) in [6.07, 6.45) is 0.392. The SMILES string of the molecule is COc1ccc([C@@]2(Cc3ccc(Cl)cc3)N=C(N)NC2=O)cc1. The number of hydrogen-bond acceptors (Lipinski definition) is 4. The number of guanidine groups is 1. The van der Waals surface area contributed by atoms with Gasteiger partial charge in [-0.25, -0.2) is 4.99 Å². The van der Waals surface area contributed by atoms with Gasteiger partial charge in [0.05, 0.1) is 7.11 Å². The number of methoxy groups -OCH3 is 1. The van der Waals surface area contributed by atoms with E-state index in [1.54, 1.807) is 31.4 Å². The van der Waals surface area contributed by atoms with Crippen LogP contribution in [0.15, 0.2) is 53.5 Å². The van der Waals surface area contributed by atoms with Gasteiger partial charge in [-0.05, 0) is 35.4 Å². The minimum absolute atomic E-state index is 0.125. The molecule has 0 bridgehead atoms. The number of halogens is 1. The molecular formula is C17H16ClN3O2. The number of amides is 1. The van der Waals surface area contributed by atoms with E-state index < -0.39 is 5.54 Å². The first-order valence-electron chi connectivity index (χ1n) is 7.09. The number of nitrogens with zero attached hydrogens (tertiary/aromatic N) is 1. The smallest absolute Gasteiger partial charge is 0.259 e. The van der Waals surface area contributed by atoms with Gasteiger partial charge in [-0.1, -0.05) is 35.9 Å². The number of nitrogens with one attached hydrogen (secondary N) is 1. The second kappa shape index (κ2) is 5.93. The lowest BCUT2D eigenvalue weighted by Crippen LogP contribution is -2.40. The van der Waals surface area contributed by atoms with E-state index in [0.717, 1.165) is 11.1 Å². The van der Waals surface area contributed by atoms with E-state index in [4.69, 9.17) is 22.1 Å². The van der Waals surface area contributed by atoms with Crippen molar-refractivity contribution in [1.82, 2.24) is 5.32 Å². The molecule has 3 rings (SSSR count). The van der Waals surface area contributed by atoms with Crippen LogP contribution in [0.3, 0.4) is 0 Å². The molecule has 0 saturated carbocycles. The zero-order valence-corrected chi connectivity index (χ0v) is 13.3. The average molecular weight is 330 g/mol. The quantitative estimate of drug-likeness (QED) is 0.903. The predicted molar refractivity (Wildman–Crippen MR) is 89.6 cm³/mol. The number of hydrogen-bond donors (Lipinski definition) is 2. The number of benzene rings is 2. The summed E-state index contributed by atoms with van der Waals surface area (Å²) < 4.78 is 5.17. The van der Waals surface area contributed by atoms with E-state index >= 15 is 0 Å². The molecule has 118 valence electrons. The van der Waals surface area contributed by atoms with Crippen molar-refractivity contribution < 1.29 is 9.53 Å². The third-order valence-corrected chi connectivity index (χ3v) is 4.12. The fourth-order valence-corrected chi connectivity index (χ4v) is 2.81. The molecule has 0 radical (unpaired) electrons. The molecule has 1 aliphatic heterocycles. The molecule has 1 heterocycles. The van der Waals surface area contributed by atoms with Gasteiger partial charge in [0.15, 0.2) is 11.5 Å². The van der Waals surface area contributed by atoms with Crippen molar-refractivity contribution in [3.8, 4) is 5.75 Å². The third-order valence-electron chi connectivity index (χ3n) is 3.87. The van der Waals surface area contributed by atoms with Gasteiger partial charge in [0.1, 0.15) is 5.75 Å². The number of carbonyl (C=O) groups excluding carboxylic acids is 1. The highest BCUT2D eigenvalue weighted by atomic mass is 35.5. The third kappa shape index (κ3) is 2.87. The Balaban J connectivity index is 2.04. The zero-order chi connectivity index (χ0) is 16.4. The van der Waals surface area contributed by atoms with Crippen LogP contribution in [-0.2, 0) is 16.8 Å². The molecule has 1 amide bonds. The van der Waals surface area contributed by atoms with E-state index in [9.17, 15) is 4.79 Å². The molecule has 1 aliphatic rings. The Morgan fingerprint density at radius 1 is 1.17 bits per heavy atom. The monoisotopic (exact) mass is 329 g/mol. The molecular weight excluding hydrogens is 314 g/mol. The highest BCUT2D eigenvalue weighted by molar-refractivity contribution is 6.30. The van der Waals surface area contributed by atoms with Gasteiger partial charge in [0.25, 0.3) is 5.91 Å². The summed E-state index contributed by atoms with van der Waals surface area (Å²) >= 11 is 5.92. The summed E-state index contributed by atoms with van der Waals surface area (Å²) in [4.78, 5) is 17.0. The Bertz CT molecular complexity index is 756. The summed E-state index contributed by atoms with van der Waals surface area (Å²) in [5.74, 6) is 0.598. The van der Waals surface area contributed by atoms with E-state index in [1.165, 1.54) is 0 Å². The van der Waals surface area contributed by atoms with Crippen LogP contribution in [-0.4, -0.2) is 19.0 Å². The molecule has 0 aromatic heterocycles. The number of ether oxygens (including phenoxy) is 1. The molecule has 3 N–H and O–H groups in total. The zero-order valence-electron chi connectivity index (χ0n) is 12.5. The van der Waals surface area contributed by atoms with Crippen molar-refractivity contribution in [3.63, 3.8) is 0 Å². The molecule has 1 atom stereocenters. The van der Waals surface area contributed by atoms with Gasteiger partial charge in [0.2, 0.25) is 0 Å². The highest BCUT2D eigenvalue weighted by Gasteiger charge is 2.44. The van der Waals surface area contributed by atoms with Gasteiger partial charge in [-0.15, -0.1) is 0 Å². The number of nitrogens with two attached hydrogens (primary N) is 1. The van der Waals surface area contributed by atoms with E-state index in [2.05, 4.69) is 10.3 Å². The summed E-state index contributed by atoms with van der Waals surface area (Å²) in [5.41, 5.74) is 6.36. The Hall–Kier alpha value is -2.53. The van der Waals surface area contributed by atoms with Gasteiger partial charge >= 0.3 is 0 Å². The van der Waals surface area contributed by atoms with E-state index in [-0.39, 0.29) is 11.9 Å². The van der Waals surface area contributed by atoms with Crippen LogP contribution < -0.4 is 15.8 Å². The Kier molecular flexibility index (Phi) is 3.96. The predicted octanol–water partition coefficient (Wildman–Crippen LogP) is 2.23. The van der Waals surface area contributed by atoms with Crippen molar-refractivity contribution >= 4 is 23.5 Å². The summed E-state index contributed by atoms with van der Waals surface area (Å²) in [6, 6.07) is 14.6. The van der Waals surface area contributed by atoms with Gasteiger partial charge in [0, 0.05) is 11.4 Å². The van der Waals surface area contributed by atoms with E-state index in [1.807, 2.05) is 24.3 Å². The fraction of sp³-hybridized carbons (Fsp3) is 0.176. The Morgan fingerprint density at radius 2 is 1.83 bits per heavy atom. The first-order valence-corrected chi connectivity index (χ1v) is 7.47. The normalized spacial score (nSPS) is 20.1. The second-order valence-corrected chi connectivity index (χ2v) is 5.78. The molecule has 2 aromatic rings. The Labute approximate surface area is 139 Å². The number of carbonyl (C=O) groups is 1. The lowest BCUT2D eigenvalue weighted by Gasteiger charge is -2.24. The molecule has 6 heteroatoms. The average Bonchev–Trinajstić information content (AvgIpc) is 2.84. The van der Waals surface area contributed by atoms with Crippen molar-refractivity contribution in [3.05, 3.63) is 64.7 Å². The van der Waals surface area contributed by atoms with Crippen molar-refractivity contribution in [2.75, 3.05) is 7.11 Å². The first kappa shape index (κ1) is 15.4. The number of rotatable bonds is 4. The molecule has 0 fully saturated rings.